The van der Waals surface area contributed by atoms with Crippen LogP contribution in [0, 0.1) is 6.92 Å². The SMILES string of the molecule is CC(=O)c1cc(Cl)ccc1OCc1c(Br)c(C)nn1C. The predicted molar refractivity (Wildman–Crippen MR) is 81.4 cm³/mol. The number of hydrogen-bond acceptors (Lipinski definition) is 3. The molecule has 2 rings (SSSR count). The highest BCUT2D eigenvalue weighted by Crippen LogP contribution is 2.26. The maximum absolute atomic E-state index is 11.6. The van der Waals surface area contributed by atoms with Crippen LogP contribution in [0.2, 0.25) is 5.02 Å². The van der Waals surface area contributed by atoms with Crippen LogP contribution in [0.5, 0.6) is 5.75 Å². The molecular weight excluding hydrogens is 344 g/mol. The lowest BCUT2D eigenvalue weighted by molar-refractivity contribution is 0.101. The molecule has 0 saturated heterocycles. The summed E-state index contributed by atoms with van der Waals surface area (Å²) in [5.74, 6) is 0.440. The molecule has 1 heterocycles. The van der Waals surface area contributed by atoms with Gasteiger partial charge in [-0.15, -0.1) is 0 Å². The van der Waals surface area contributed by atoms with Crippen LogP contribution in [0.25, 0.3) is 0 Å². The monoisotopic (exact) mass is 356 g/mol. The highest BCUT2D eigenvalue weighted by Gasteiger charge is 2.14. The Morgan fingerprint density at radius 3 is 2.75 bits per heavy atom. The van der Waals surface area contributed by atoms with Crippen LogP contribution < -0.4 is 4.74 Å². The van der Waals surface area contributed by atoms with Crippen LogP contribution >= 0.6 is 27.5 Å². The molecular formula is C14H14BrClN2O2. The van der Waals surface area contributed by atoms with Crippen molar-refractivity contribution in [2.24, 2.45) is 7.05 Å². The summed E-state index contributed by atoms with van der Waals surface area (Å²) in [6.07, 6.45) is 0. The molecule has 0 fully saturated rings. The quantitative estimate of drug-likeness (QED) is 0.779. The standard InChI is InChI=1S/C14H14BrClN2O2/c1-8-14(15)12(18(3)17-8)7-20-13-5-4-10(16)6-11(13)9(2)19/h4-6H,7H2,1-3H3. The molecule has 106 valence electrons. The van der Waals surface area contributed by atoms with Gasteiger partial charge in [-0.2, -0.15) is 5.10 Å². The second kappa shape index (κ2) is 5.97. The van der Waals surface area contributed by atoms with Gasteiger partial charge in [0.2, 0.25) is 0 Å². The van der Waals surface area contributed by atoms with Crippen LogP contribution in [0.15, 0.2) is 22.7 Å². The van der Waals surface area contributed by atoms with Crippen molar-refractivity contribution in [3.05, 3.63) is 44.6 Å². The number of hydrogen-bond donors (Lipinski definition) is 0. The number of ketones is 1. The Morgan fingerprint density at radius 1 is 1.50 bits per heavy atom. The smallest absolute Gasteiger partial charge is 0.163 e. The van der Waals surface area contributed by atoms with Gasteiger partial charge in [0.15, 0.2) is 5.78 Å². The lowest BCUT2D eigenvalue weighted by Gasteiger charge is -2.10. The number of rotatable bonds is 4. The summed E-state index contributed by atoms with van der Waals surface area (Å²) in [7, 11) is 1.85. The Labute approximate surface area is 130 Å². The van der Waals surface area contributed by atoms with Gasteiger partial charge in [0.05, 0.1) is 21.4 Å². The number of carbonyl (C=O) groups is 1. The predicted octanol–water partition coefficient (Wildman–Crippen LogP) is 3.93. The van der Waals surface area contributed by atoms with Gasteiger partial charge in [0.25, 0.3) is 0 Å². The maximum atomic E-state index is 11.6. The molecule has 0 aliphatic heterocycles. The molecule has 0 amide bonds. The number of nitrogens with zero attached hydrogens (tertiary/aromatic N) is 2. The fourth-order valence-corrected chi connectivity index (χ4v) is 2.51. The summed E-state index contributed by atoms with van der Waals surface area (Å²) in [6, 6.07) is 5.02. The van der Waals surface area contributed by atoms with Gasteiger partial charge >= 0.3 is 0 Å². The van der Waals surface area contributed by atoms with Crippen molar-refractivity contribution in [1.29, 1.82) is 0 Å². The molecule has 0 saturated carbocycles. The normalized spacial score (nSPS) is 10.7. The van der Waals surface area contributed by atoms with E-state index < -0.39 is 0 Å². The van der Waals surface area contributed by atoms with Gasteiger partial charge in [-0.05, 0) is 48.0 Å². The summed E-state index contributed by atoms with van der Waals surface area (Å²) in [4.78, 5) is 11.6. The van der Waals surface area contributed by atoms with Gasteiger partial charge < -0.3 is 4.74 Å². The molecule has 0 aliphatic rings. The van der Waals surface area contributed by atoms with E-state index in [1.54, 1.807) is 22.9 Å². The van der Waals surface area contributed by atoms with Crippen molar-refractivity contribution in [1.82, 2.24) is 9.78 Å². The Morgan fingerprint density at radius 2 is 2.20 bits per heavy atom. The minimum Gasteiger partial charge on any atom is -0.487 e. The van der Waals surface area contributed by atoms with E-state index >= 15 is 0 Å². The van der Waals surface area contributed by atoms with E-state index in [0.29, 0.717) is 22.9 Å². The average molecular weight is 358 g/mol. The van der Waals surface area contributed by atoms with Gasteiger partial charge in [-0.25, -0.2) is 0 Å². The Balaban J connectivity index is 2.25. The van der Waals surface area contributed by atoms with E-state index in [2.05, 4.69) is 21.0 Å². The molecule has 20 heavy (non-hydrogen) atoms. The third-order valence-electron chi connectivity index (χ3n) is 2.95. The lowest BCUT2D eigenvalue weighted by Crippen LogP contribution is -2.06. The zero-order valence-corrected chi connectivity index (χ0v) is 13.7. The highest BCUT2D eigenvalue weighted by molar-refractivity contribution is 9.10. The summed E-state index contributed by atoms with van der Waals surface area (Å²) in [5, 5.41) is 4.81. The second-order valence-corrected chi connectivity index (χ2v) is 5.68. The lowest BCUT2D eigenvalue weighted by atomic mass is 10.1. The molecule has 0 bridgehead atoms. The first-order valence-corrected chi connectivity index (χ1v) is 7.18. The molecule has 2 aromatic rings. The summed E-state index contributed by atoms with van der Waals surface area (Å²) in [6.45, 7) is 3.72. The highest BCUT2D eigenvalue weighted by atomic mass is 79.9. The third kappa shape index (κ3) is 3.04. The fourth-order valence-electron chi connectivity index (χ4n) is 1.89. The maximum Gasteiger partial charge on any atom is 0.163 e. The van der Waals surface area contributed by atoms with E-state index in [1.807, 2.05) is 14.0 Å². The molecule has 0 unspecified atom stereocenters. The minimum atomic E-state index is -0.0808. The Bertz CT molecular complexity index is 667. The van der Waals surface area contributed by atoms with Crippen molar-refractivity contribution in [3.8, 4) is 5.75 Å². The molecule has 0 aliphatic carbocycles. The van der Waals surface area contributed by atoms with E-state index in [-0.39, 0.29) is 5.78 Å². The number of carbonyl (C=O) groups excluding carboxylic acids is 1. The van der Waals surface area contributed by atoms with Gasteiger partial charge in [-0.1, -0.05) is 11.6 Å². The van der Waals surface area contributed by atoms with Crippen LogP contribution in [0.1, 0.15) is 28.7 Å². The molecule has 0 N–H and O–H groups in total. The van der Waals surface area contributed by atoms with Gasteiger partial charge in [-0.3, -0.25) is 9.48 Å². The number of ether oxygens (including phenoxy) is 1. The molecule has 0 atom stereocenters. The van der Waals surface area contributed by atoms with Gasteiger partial charge in [0, 0.05) is 12.1 Å². The molecule has 1 aromatic carbocycles. The second-order valence-electron chi connectivity index (χ2n) is 4.46. The Hall–Kier alpha value is -1.33. The van der Waals surface area contributed by atoms with Crippen molar-refractivity contribution in [2.75, 3.05) is 0 Å². The van der Waals surface area contributed by atoms with Crippen molar-refractivity contribution >= 4 is 33.3 Å². The summed E-state index contributed by atoms with van der Waals surface area (Å²) < 4.78 is 8.41. The number of Topliss-reactive ketones (excluding diaryl/α,β-unsaturated/α-hetero) is 1. The molecule has 0 spiro atoms. The summed E-state index contributed by atoms with van der Waals surface area (Å²) in [5.41, 5.74) is 2.29. The molecule has 6 heteroatoms. The number of aromatic nitrogens is 2. The van der Waals surface area contributed by atoms with E-state index in [0.717, 1.165) is 15.9 Å². The fraction of sp³-hybridized carbons (Fsp3) is 0.286. The zero-order valence-electron chi connectivity index (χ0n) is 11.4. The molecule has 1 aromatic heterocycles. The number of halogens is 2. The van der Waals surface area contributed by atoms with Crippen LogP contribution in [-0.4, -0.2) is 15.6 Å². The third-order valence-corrected chi connectivity index (χ3v) is 4.21. The van der Waals surface area contributed by atoms with E-state index in [9.17, 15) is 4.79 Å². The van der Waals surface area contributed by atoms with Crippen LogP contribution in [0.3, 0.4) is 0 Å². The average Bonchev–Trinajstić information content (AvgIpc) is 2.62. The minimum absolute atomic E-state index is 0.0808. The van der Waals surface area contributed by atoms with Gasteiger partial charge in [0.1, 0.15) is 12.4 Å². The Kier molecular flexibility index (Phi) is 4.50. The van der Waals surface area contributed by atoms with E-state index in [4.69, 9.17) is 16.3 Å². The number of benzene rings is 1. The molecule has 0 radical (unpaired) electrons. The van der Waals surface area contributed by atoms with Crippen molar-refractivity contribution in [2.45, 2.75) is 20.5 Å². The first-order chi connectivity index (χ1) is 9.40. The van der Waals surface area contributed by atoms with Crippen LogP contribution in [0.4, 0.5) is 0 Å². The topological polar surface area (TPSA) is 44.1 Å². The molecule has 4 nitrogen and oxygen atoms in total. The van der Waals surface area contributed by atoms with Crippen molar-refractivity contribution in [3.63, 3.8) is 0 Å². The largest absolute Gasteiger partial charge is 0.487 e. The zero-order chi connectivity index (χ0) is 14.9. The first-order valence-electron chi connectivity index (χ1n) is 6.01. The number of aryl methyl sites for hydroxylation is 2. The van der Waals surface area contributed by atoms with E-state index in [1.165, 1.54) is 6.92 Å². The van der Waals surface area contributed by atoms with Crippen LogP contribution in [-0.2, 0) is 13.7 Å². The van der Waals surface area contributed by atoms with Crippen molar-refractivity contribution < 1.29 is 9.53 Å². The first kappa shape index (κ1) is 15.1. The summed E-state index contributed by atoms with van der Waals surface area (Å²) >= 11 is 9.38.